The SMILES string of the molecule is CC1CCCC(C)S1=O. The summed E-state index contributed by atoms with van der Waals surface area (Å²) in [5.74, 6) is 0. The summed E-state index contributed by atoms with van der Waals surface area (Å²) in [4.78, 5) is 0. The quantitative estimate of drug-likeness (QED) is 0.508. The third kappa shape index (κ3) is 1.54. The normalized spacial score (nSPS) is 44.9. The summed E-state index contributed by atoms with van der Waals surface area (Å²) in [6.07, 6.45) is 3.60. The Morgan fingerprint density at radius 2 is 1.67 bits per heavy atom. The van der Waals surface area contributed by atoms with Crippen LogP contribution in [0, 0.1) is 0 Å². The predicted octanol–water partition coefficient (Wildman–Crippen LogP) is 1.70. The van der Waals surface area contributed by atoms with Crippen molar-refractivity contribution in [3.05, 3.63) is 0 Å². The molecule has 0 amide bonds. The van der Waals surface area contributed by atoms with Gasteiger partial charge in [-0.1, -0.05) is 20.3 Å². The molecule has 1 aliphatic heterocycles. The van der Waals surface area contributed by atoms with Gasteiger partial charge in [-0.15, -0.1) is 0 Å². The van der Waals surface area contributed by atoms with Crippen LogP contribution in [-0.2, 0) is 10.8 Å². The van der Waals surface area contributed by atoms with Crippen molar-refractivity contribution in [2.24, 2.45) is 0 Å². The largest absolute Gasteiger partial charge is 0.259 e. The van der Waals surface area contributed by atoms with Crippen LogP contribution >= 0.6 is 0 Å². The molecule has 1 fully saturated rings. The van der Waals surface area contributed by atoms with Crippen LogP contribution in [0.4, 0.5) is 0 Å². The van der Waals surface area contributed by atoms with Gasteiger partial charge in [0.1, 0.15) is 0 Å². The molecule has 1 rings (SSSR count). The van der Waals surface area contributed by atoms with Crippen molar-refractivity contribution in [1.29, 1.82) is 0 Å². The Morgan fingerprint density at radius 3 is 2.00 bits per heavy atom. The van der Waals surface area contributed by atoms with Gasteiger partial charge in [-0.2, -0.15) is 0 Å². The van der Waals surface area contributed by atoms with E-state index in [4.69, 9.17) is 0 Å². The molecule has 0 N–H and O–H groups in total. The van der Waals surface area contributed by atoms with E-state index < -0.39 is 10.8 Å². The van der Waals surface area contributed by atoms with Crippen molar-refractivity contribution in [2.75, 3.05) is 0 Å². The molecule has 0 spiro atoms. The fraction of sp³-hybridized carbons (Fsp3) is 1.00. The maximum atomic E-state index is 11.2. The lowest BCUT2D eigenvalue weighted by Crippen LogP contribution is -2.26. The Labute approximate surface area is 59.3 Å². The van der Waals surface area contributed by atoms with E-state index >= 15 is 0 Å². The second-order valence-electron chi connectivity index (χ2n) is 2.88. The van der Waals surface area contributed by atoms with Gasteiger partial charge in [0.05, 0.1) is 0 Å². The highest BCUT2D eigenvalue weighted by atomic mass is 32.2. The maximum Gasteiger partial charge on any atom is 0.0322 e. The summed E-state index contributed by atoms with van der Waals surface area (Å²) in [6.45, 7) is 4.18. The van der Waals surface area contributed by atoms with E-state index in [9.17, 15) is 4.21 Å². The van der Waals surface area contributed by atoms with Gasteiger partial charge in [0, 0.05) is 21.3 Å². The van der Waals surface area contributed by atoms with Crippen LogP contribution in [0.25, 0.3) is 0 Å². The van der Waals surface area contributed by atoms with Crippen LogP contribution in [0.3, 0.4) is 0 Å². The Bertz CT molecular complexity index is 110. The van der Waals surface area contributed by atoms with E-state index in [0.717, 1.165) is 12.8 Å². The molecule has 0 aromatic heterocycles. The zero-order valence-electron chi connectivity index (χ0n) is 6.09. The van der Waals surface area contributed by atoms with Crippen LogP contribution in [0.15, 0.2) is 0 Å². The lowest BCUT2D eigenvalue weighted by Gasteiger charge is -2.22. The average Bonchev–Trinajstić information content (AvgIpc) is 1.83. The third-order valence-electron chi connectivity index (χ3n) is 2.01. The van der Waals surface area contributed by atoms with Crippen LogP contribution in [0.2, 0.25) is 0 Å². The molecule has 0 radical (unpaired) electrons. The molecule has 54 valence electrons. The van der Waals surface area contributed by atoms with Crippen LogP contribution in [-0.4, -0.2) is 14.7 Å². The number of rotatable bonds is 0. The van der Waals surface area contributed by atoms with Crippen molar-refractivity contribution in [1.82, 2.24) is 0 Å². The number of hydrogen-bond acceptors (Lipinski definition) is 1. The molecule has 2 unspecified atom stereocenters. The summed E-state index contributed by atoms with van der Waals surface area (Å²) >= 11 is 0. The van der Waals surface area contributed by atoms with Crippen molar-refractivity contribution in [3.63, 3.8) is 0 Å². The minimum atomic E-state index is -0.530. The Morgan fingerprint density at radius 1 is 1.22 bits per heavy atom. The first-order valence-electron chi connectivity index (χ1n) is 3.61. The van der Waals surface area contributed by atoms with Gasteiger partial charge < -0.3 is 0 Å². The smallest absolute Gasteiger partial charge is 0.0322 e. The van der Waals surface area contributed by atoms with Gasteiger partial charge in [-0.3, -0.25) is 4.21 Å². The van der Waals surface area contributed by atoms with Gasteiger partial charge >= 0.3 is 0 Å². The topological polar surface area (TPSA) is 17.1 Å². The molecule has 2 heteroatoms. The van der Waals surface area contributed by atoms with Crippen LogP contribution in [0.5, 0.6) is 0 Å². The highest BCUT2D eigenvalue weighted by molar-refractivity contribution is 7.86. The van der Waals surface area contributed by atoms with Gasteiger partial charge in [-0.05, 0) is 12.8 Å². The Kier molecular flexibility index (Phi) is 2.28. The summed E-state index contributed by atoms with van der Waals surface area (Å²) in [5.41, 5.74) is 0. The molecular formula is C7H14OS. The lowest BCUT2D eigenvalue weighted by atomic mass is 10.1. The summed E-state index contributed by atoms with van der Waals surface area (Å²) in [5, 5.41) is 0.905. The molecule has 1 aliphatic rings. The van der Waals surface area contributed by atoms with Crippen LogP contribution in [0.1, 0.15) is 33.1 Å². The standard InChI is InChI=1S/C7H14OS/c1-6-4-3-5-7(2)9(6)8/h6-7H,3-5H2,1-2H3. The summed E-state index contributed by atoms with van der Waals surface area (Å²) in [7, 11) is -0.530. The van der Waals surface area contributed by atoms with Gasteiger partial charge in [0.25, 0.3) is 0 Å². The van der Waals surface area contributed by atoms with Crippen molar-refractivity contribution < 1.29 is 4.21 Å². The van der Waals surface area contributed by atoms with E-state index in [1.807, 2.05) is 0 Å². The highest BCUT2D eigenvalue weighted by Gasteiger charge is 2.22. The summed E-state index contributed by atoms with van der Waals surface area (Å²) < 4.78 is 11.2. The Hall–Kier alpha value is 0.150. The molecule has 1 saturated heterocycles. The minimum Gasteiger partial charge on any atom is -0.259 e. The van der Waals surface area contributed by atoms with Crippen molar-refractivity contribution in [3.8, 4) is 0 Å². The fourth-order valence-corrected chi connectivity index (χ4v) is 2.91. The second kappa shape index (κ2) is 2.82. The zero-order chi connectivity index (χ0) is 6.85. The van der Waals surface area contributed by atoms with Gasteiger partial charge in [-0.25, -0.2) is 0 Å². The molecule has 1 heterocycles. The molecule has 0 saturated carbocycles. The fourth-order valence-electron chi connectivity index (χ4n) is 1.32. The molecular weight excluding hydrogens is 132 g/mol. The molecule has 2 atom stereocenters. The van der Waals surface area contributed by atoms with E-state index in [-0.39, 0.29) is 0 Å². The third-order valence-corrected chi connectivity index (χ3v) is 4.07. The zero-order valence-corrected chi connectivity index (χ0v) is 6.91. The van der Waals surface area contributed by atoms with Crippen molar-refractivity contribution in [2.45, 2.75) is 43.6 Å². The van der Waals surface area contributed by atoms with Crippen LogP contribution < -0.4 is 0 Å². The van der Waals surface area contributed by atoms with E-state index in [1.54, 1.807) is 0 Å². The van der Waals surface area contributed by atoms with Crippen molar-refractivity contribution >= 4 is 10.8 Å². The molecule has 9 heavy (non-hydrogen) atoms. The van der Waals surface area contributed by atoms with E-state index in [2.05, 4.69) is 13.8 Å². The molecule has 0 aromatic carbocycles. The van der Waals surface area contributed by atoms with Gasteiger partial charge in [0.15, 0.2) is 0 Å². The van der Waals surface area contributed by atoms with E-state index in [1.165, 1.54) is 6.42 Å². The first-order valence-corrected chi connectivity index (χ1v) is 4.89. The van der Waals surface area contributed by atoms with E-state index in [0.29, 0.717) is 10.5 Å². The molecule has 1 nitrogen and oxygen atoms in total. The van der Waals surface area contributed by atoms with Gasteiger partial charge in [0.2, 0.25) is 0 Å². The maximum absolute atomic E-state index is 11.2. The molecule has 0 aromatic rings. The predicted molar refractivity (Wildman–Crippen MR) is 40.9 cm³/mol. The number of hydrogen-bond donors (Lipinski definition) is 0. The minimum absolute atomic E-state index is 0.453. The molecule has 0 aliphatic carbocycles. The molecule has 0 bridgehead atoms. The summed E-state index contributed by atoms with van der Waals surface area (Å²) in [6, 6.07) is 0. The second-order valence-corrected chi connectivity index (χ2v) is 5.15. The first kappa shape index (κ1) is 7.26. The monoisotopic (exact) mass is 146 g/mol. The average molecular weight is 146 g/mol. The first-order chi connectivity index (χ1) is 4.22. The lowest BCUT2D eigenvalue weighted by molar-refractivity contribution is 0.586. The highest BCUT2D eigenvalue weighted by Crippen LogP contribution is 2.21. The Balaban J connectivity index is 2.52.